The predicted octanol–water partition coefficient (Wildman–Crippen LogP) is 1.82. The maximum absolute atomic E-state index is 11.8. The molecular formula is C13H24N2O. The van der Waals surface area contributed by atoms with Crippen LogP contribution in [-0.2, 0) is 4.79 Å². The molecule has 0 aromatic rings. The number of rotatable bonds is 3. The summed E-state index contributed by atoms with van der Waals surface area (Å²) in [5, 5.41) is 6.60. The van der Waals surface area contributed by atoms with Gasteiger partial charge in [0.25, 0.3) is 0 Å². The lowest BCUT2D eigenvalue weighted by Crippen LogP contribution is -2.41. The van der Waals surface area contributed by atoms with Crippen molar-refractivity contribution in [2.75, 3.05) is 6.54 Å². The van der Waals surface area contributed by atoms with Crippen LogP contribution in [0, 0.1) is 5.92 Å². The number of nitrogens with one attached hydrogen (secondary N) is 2. The second-order valence-corrected chi connectivity index (χ2v) is 5.53. The van der Waals surface area contributed by atoms with Gasteiger partial charge >= 0.3 is 0 Å². The Hall–Kier alpha value is -0.570. The molecular weight excluding hydrogens is 200 g/mol. The molecule has 1 aliphatic carbocycles. The molecule has 0 spiro atoms. The van der Waals surface area contributed by atoms with E-state index in [1.165, 1.54) is 32.1 Å². The highest BCUT2D eigenvalue weighted by molar-refractivity contribution is 5.76. The summed E-state index contributed by atoms with van der Waals surface area (Å²) in [4.78, 5) is 11.8. The molecule has 1 saturated heterocycles. The van der Waals surface area contributed by atoms with Crippen LogP contribution in [0.15, 0.2) is 0 Å². The van der Waals surface area contributed by atoms with E-state index < -0.39 is 0 Å². The topological polar surface area (TPSA) is 41.1 Å². The Balaban J connectivity index is 1.67. The summed E-state index contributed by atoms with van der Waals surface area (Å²) in [5.74, 6) is 1.04. The molecule has 1 aliphatic heterocycles. The molecule has 16 heavy (non-hydrogen) atoms. The molecule has 92 valence electrons. The van der Waals surface area contributed by atoms with Gasteiger partial charge in [-0.1, -0.05) is 13.3 Å². The first-order chi connectivity index (χ1) is 7.74. The molecule has 2 N–H and O–H groups in total. The van der Waals surface area contributed by atoms with Gasteiger partial charge < -0.3 is 10.6 Å². The van der Waals surface area contributed by atoms with Crippen LogP contribution in [-0.4, -0.2) is 24.5 Å². The Morgan fingerprint density at radius 2 is 2.19 bits per heavy atom. The summed E-state index contributed by atoms with van der Waals surface area (Å²) in [6, 6.07) is 0.874. The van der Waals surface area contributed by atoms with Gasteiger partial charge in [0.05, 0.1) is 0 Å². The van der Waals surface area contributed by atoms with Crippen LogP contribution in [0.5, 0.6) is 0 Å². The van der Waals surface area contributed by atoms with Gasteiger partial charge in [-0.15, -0.1) is 0 Å². The minimum absolute atomic E-state index is 0.249. The number of piperidine rings is 1. The second-order valence-electron chi connectivity index (χ2n) is 5.53. The van der Waals surface area contributed by atoms with Gasteiger partial charge in [-0.2, -0.15) is 0 Å². The van der Waals surface area contributed by atoms with E-state index >= 15 is 0 Å². The van der Waals surface area contributed by atoms with Crippen molar-refractivity contribution in [2.24, 2.45) is 5.92 Å². The Kier molecular flexibility index (Phi) is 4.22. The summed E-state index contributed by atoms with van der Waals surface area (Å²) >= 11 is 0. The molecule has 2 aliphatic rings. The lowest BCUT2D eigenvalue weighted by Gasteiger charge is -2.23. The van der Waals surface area contributed by atoms with E-state index in [2.05, 4.69) is 17.6 Å². The first-order valence-corrected chi connectivity index (χ1v) is 6.77. The Bertz CT molecular complexity index is 227. The van der Waals surface area contributed by atoms with Gasteiger partial charge in [-0.25, -0.2) is 0 Å². The van der Waals surface area contributed by atoms with Gasteiger partial charge in [-0.3, -0.25) is 4.79 Å². The fraction of sp³-hybridized carbons (Fsp3) is 0.923. The average Bonchev–Trinajstić information content (AvgIpc) is 2.65. The van der Waals surface area contributed by atoms with Crippen LogP contribution in [0.3, 0.4) is 0 Å². The molecule has 1 amide bonds. The summed E-state index contributed by atoms with van der Waals surface area (Å²) in [6.07, 6.45) is 7.98. The molecule has 3 heteroatoms. The zero-order valence-electron chi connectivity index (χ0n) is 10.3. The lowest BCUT2D eigenvalue weighted by atomic mass is 10.0. The van der Waals surface area contributed by atoms with Crippen molar-refractivity contribution < 1.29 is 4.79 Å². The summed E-state index contributed by atoms with van der Waals surface area (Å²) in [6.45, 7) is 3.35. The van der Waals surface area contributed by atoms with E-state index in [4.69, 9.17) is 0 Å². The van der Waals surface area contributed by atoms with Crippen molar-refractivity contribution >= 4 is 5.91 Å². The van der Waals surface area contributed by atoms with Crippen LogP contribution in [0.1, 0.15) is 51.9 Å². The van der Waals surface area contributed by atoms with E-state index in [0.29, 0.717) is 18.5 Å². The number of hydrogen-bond donors (Lipinski definition) is 2. The quantitative estimate of drug-likeness (QED) is 0.768. The van der Waals surface area contributed by atoms with Gasteiger partial charge in [0.1, 0.15) is 0 Å². The van der Waals surface area contributed by atoms with Gasteiger partial charge in [-0.05, 0) is 44.6 Å². The third-order valence-electron chi connectivity index (χ3n) is 3.90. The molecule has 0 aromatic carbocycles. The fourth-order valence-electron chi connectivity index (χ4n) is 2.95. The SMILES string of the molecule is CC1CCC(NC(=O)CC2CCCCN2)C1. The molecule has 2 fully saturated rings. The number of carbonyl (C=O) groups excluding carboxylic acids is 1. The van der Waals surface area contributed by atoms with Crippen molar-refractivity contribution in [3.05, 3.63) is 0 Å². The fourth-order valence-corrected chi connectivity index (χ4v) is 2.95. The Morgan fingerprint density at radius 1 is 1.31 bits per heavy atom. The molecule has 1 heterocycles. The molecule has 0 bridgehead atoms. The highest BCUT2D eigenvalue weighted by atomic mass is 16.1. The first kappa shape index (κ1) is 11.9. The van der Waals surface area contributed by atoms with E-state index in [9.17, 15) is 4.79 Å². The molecule has 1 saturated carbocycles. The van der Waals surface area contributed by atoms with Gasteiger partial charge in [0, 0.05) is 18.5 Å². The normalized spacial score (nSPS) is 34.9. The minimum Gasteiger partial charge on any atom is -0.353 e. The van der Waals surface area contributed by atoms with Crippen LogP contribution in [0.2, 0.25) is 0 Å². The predicted molar refractivity (Wildman–Crippen MR) is 65.2 cm³/mol. The largest absolute Gasteiger partial charge is 0.353 e. The molecule has 2 rings (SSSR count). The number of hydrogen-bond acceptors (Lipinski definition) is 2. The standard InChI is InChI=1S/C13H24N2O/c1-10-5-6-12(8-10)15-13(16)9-11-4-2-3-7-14-11/h10-12,14H,2-9H2,1H3,(H,15,16). The highest BCUT2D eigenvalue weighted by Crippen LogP contribution is 2.24. The number of amides is 1. The van der Waals surface area contributed by atoms with Crippen molar-refractivity contribution in [3.63, 3.8) is 0 Å². The van der Waals surface area contributed by atoms with Crippen LogP contribution in [0.4, 0.5) is 0 Å². The van der Waals surface area contributed by atoms with Crippen molar-refractivity contribution in [3.8, 4) is 0 Å². The van der Waals surface area contributed by atoms with Crippen molar-refractivity contribution in [1.82, 2.24) is 10.6 Å². The second kappa shape index (κ2) is 5.67. The van der Waals surface area contributed by atoms with E-state index in [0.717, 1.165) is 18.9 Å². The van der Waals surface area contributed by atoms with Gasteiger partial charge in [0.15, 0.2) is 0 Å². The van der Waals surface area contributed by atoms with E-state index in [1.807, 2.05) is 0 Å². The van der Waals surface area contributed by atoms with E-state index in [1.54, 1.807) is 0 Å². The van der Waals surface area contributed by atoms with Crippen LogP contribution in [0.25, 0.3) is 0 Å². The van der Waals surface area contributed by atoms with Crippen LogP contribution >= 0.6 is 0 Å². The third-order valence-corrected chi connectivity index (χ3v) is 3.90. The third kappa shape index (κ3) is 3.48. The summed E-state index contributed by atoms with van der Waals surface area (Å²) < 4.78 is 0. The Morgan fingerprint density at radius 3 is 2.81 bits per heavy atom. The zero-order chi connectivity index (χ0) is 11.4. The van der Waals surface area contributed by atoms with Gasteiger partial charge in [0.2, 0.25) is 5.91 Å². The summed E-state index contributed by atoms with van der Waals surface area (Å²) in [5.41, 5.74) is 0. The van der Waals surface area contributed by atoms with E-state index in [-0.39, 0.29) is 5.91 Å². The average molecular weight is 224 g/mol. The monoisotopic (exact) mass is 224 g/mol. The Labute approximate surface area is 98.4 Å². The maximum Gasteiger partial charge on any atom is 0.221 e. The maximum atomic E-state index is 11.8. The molecule has 3 nitrogen and oxygen atoms in total. The van der Waals surface area contributed by atoms with Crippen molar-refractivity contribution in [2.45, 2.75) is 64.0 Å². The van der Waals surface area contributed by atoms with Crippen molar-refractivity contribution in [1.29, 1.82) is 0 Å². The molecule has 0 radical (unpaired) electrons. The number of carbonyl (C=O) groups is 1. The first-order valence-electron chi connectivity index (χ1n) is 6.77. The molecule has 3 atom stereocenters. The highest BCUT2D eigenvalue weighted by Gasteiger charge is 2.24. The molecule has 0 aromatic heterocycles. The zero-order valence-corrected chi connectivity index (χ0v) is 10.3. The smallest absolute Gasteiger partial charge is 0.221 e. The summed E-state index contributed by atoms with van der Waals surface area (Å²) in [7, 11) is 0. The minimum atomic E-state index is 0.249. The van der Waals surface area contributed by atoms with Crippen LogP contribution < -0.4 is 10.6 Å². The lowest BCUT2D eigenvalue weighted by molar-refractivity contribution is -0.122. The molecule has 3 unspecified atom stereocenters.